The Labute approximate surface area is 176 Å². The second kappa shape index (κ2) is 10.4. The molecule has 1 heterocycles. The third-order valence-corrected chi connectivity index (χ3v) is 4.87. The Balaban J connectivity index is 1.54. The van der Waals surface area contributed by atoms with Gasteiger partial charge in [0.05, 0.1) is 6.10 Å². The molecule has 3 aromatic rings. The zero-order valence-electron chi connectivity index (χ0n) is 17.2. The lowest BCUT2D eigenvalue weighted by molar-refractivity contribution is 0.0420. The van der Waals surface area contributed by atoms with E-state index in [1.54, 1.807) is 13.2 Å². The van der Waals surface area contributed by atoms with Crippen LogP contribution in [0.25, 0.3) is 11.1 Å². The summed E-state index contributed by atoms with van der Waals surface area (Å²) in [6.45, 7) is 1.87. The Bertz CT molecular complexity index is 928. The van der Waals surface area contributed by atoms with Crippen LogP contribution < -0.4 is 15.4 Å². The summed E-state index contributed by atoms with van der Waals surface area (Å²) >= 11 is 0. The molecule has 30 heavy (non-hydrogen) atoms. The monoisotopic (exact) mass is 405 g/mol. The fraction of sp³-hybridized carbons (Fsp3) is 0.250. The van der Waals surface area contributed by atoms with E-state index in [1.165, 1.54) is 0 Å². The number of anilines is 1. The third kappa shape index (κ3) is 6.06. The topological polar surface area (TPSA) is 83.5 Å². The smallest absolute Gasteiger partial charge is 0.318 e. The first-order valence-corrected chi connectivity index (χ1v) is 9.98. The van der Waals surface area contributed by atoms with E-state index in [2.05, 4.69) is 15.6 Å². The second-order valence-corrected chi connectivity index (χ2v) is 7.10. The molecule has 2 atom stereocenters. The Morgan fingerprint density at radius 2 is 1.73 bits per heavy atom. The maximum absolute atomic E-state index is 11.4. The number of aryl methyl sites for hydroxylation is 1. The number of hydrogen-bond acceptors (Lipinski definition) is 4. The number of carbonyl (C=O) groups is 1. The zero-order chi connectivity index (χ0) is 21.3. The summed E-state index contributed by atoms with van der Waals surface area (Å²) in [6.07, 6.45) is 4.05. The maximum atomic E-state index is 11.4. The highest BCUT2D eigenvalue weighted by atomic mass is 16.5. The standard InChI is InChI=1S/C24H27N3O3/c1-17(23(28)14-5-18-4-3-15-26-16-18)30-22-12-8-20(9-13-22)19-6-10-21(11-7-19)27-24(29)25-2/h3-4,6-13,15-17,23,28H,5,14H2,1-2H3,(H2,25,27,29). The van der Waals surface area contributed by atoms with Crippen LogP contribution in [0, 0.1) is 0 Å². The third-order valence-electron chi connectivity index (χ3n) is 4.87. The van der Waals surface area contributed by atoms with Gasteiger partial charge in [-0.1, -0.05) is 30.3 Å². The average molecular weight is 405 g/mol. The molecule has 0 fully saturated rings. The fourth-order valence-electron chi connectivity index (χ4n) is 3.05. The van der Waals surface area contributed by atoms with Crippen LogP contribution in [-0.2, 0) is 6.42 Å². The minimum Gasteiger partial charge on any atom is -0.488 e. The van der Waals surface area contributed by atoms with Gasteiger partial charge in [0.2, 0.25) is 0 Å². The van der Waals surface area contributed by atoms with Crippen molar-refractivity contribution in [3.05, 3.63) is 78.6 Å². The lowest BCUT2D eigenvalue weighted by atomic mass is 10.0. The first-order chi connectivity index (χ1) is 14.5. The molecule has 0 spiro atoms. The Morgan fingerprint density at radius 1 is 1.07 bits per heavy atom. The van der Waals surface area contributed by atoms with Gasteiger partial charge in [-0.25, -0.2) is 4.79 Å². The van der Waals surface area contributed by atoms with Crippen LogP contribution in [0.15, 0.2) is 73.1 Å². The molecule has 2 aromatic carbocycles. The molecule has 0 aliphatic carbocycles. The number of aliphatic hydroxyl groups excluding tert-OH is 1. The molecule has 0 bridgehead atoms. The molecule has 0 radical (unpaired) electrons. The van der Waals surface area contributed by atoms with E-state index in [0.29, 0.717) is 12.2 Å². The van der Waals surface area contributed by atoms with Gasteiger partial charge in [0.15, 0.2) is 0 Å². The van der Waals surface area contributed by atoms with Crippen molar-refractivity contribution in [2.75, 3.05) is 12.4 Å². The molecule has 0 saturated carbocycles. The van der Waals surface area contributed by atoms with Crippen molar-refractivity contribution in [2.24, 2.45) is 0 Å². The van der Waals surface area contributed by atoms with Gasteiger partial charge in [0.25, 0.3) is 0 Å². The number of pyridine rings is 1. The van der Waals surface area contributed by atoms with E-state index in [4.69, 9.17) is 4.74 Å². The normalized spacial score (nSPS) is 12.6. The summed E-state index contributed by atoms with van der Waals surface area (Å²) in [5, 5.41) is 15.7. The van der Waals surface area contributed by atoms with E-state index in [-0.39, 0.29) is 12.1 Å². The predicted molar refractivity (Wildman–Crippen MR) is 119 cm³/mol. The summed E-state index contributed by atoms with van der Waals surface area (Å²) in [6, 6.07) is 19.0. The van der Waals surface area contributed by atoms with E-state index in [1.807, 2.05) is 73.8 Å². The van der Waals surface area contributed by atoms with Crippen LogP contribution in [0.4, 0.5) is 10.5 Å². The van der Waals surface area contributed by atoms with Crippen LogP contribution in [-0.4, -0.2) is 35.4 Å². The van der Waals surface area contributed by atoms with Gasteiger partial charge in [-0.05, 0) is 66.8 Å². The molecule has 3 rings (SSSR count). The number of ether oxygens (including phenoxy) is 1. The van der Waals surface area contributed by atoms with Crippen molar-refractivity contribution in [1.82, 2.24) is 10.3 Å². The molecule has 6 heteroatoms. The number of benzene rings is 2. The largest absolute Gasteiger partial charge is 0.488 e. The van der Waals surface area contributed by atoms with E-state index in [0.717, 1.165) is 28.8 Å². The molecule has 156 valence electrons. The van der Waals surface area contributed by atoms with Gasteiger partial charge < -0.3 is 20.5 Å². The number of urea groups is 1. The number of carbonyl (C=O) groups excluding carboxylic acids is 1. The number of hydrogen-bond donors (Lipinski definition) is 3. The van der Waals surface area contributed by atoms with Crippen molar-refractivity contribution in [3.63, 3.8) is 0 Å². The molecule has 2 amide bonds. The summed E-state index contributed by atoms with van der Waals surface area (Å²) in [7, 11) is 1.58. The lowest BCUT2D eigenvalue weighted by Gasteiger charge is -2.20. The zero-order valence-corrected chi connectivity index (χ0v) is 17.2. The van der Waals surface area contributed by atoms with Crippen LogP contribution in [0.2, 0.25) is 0 Å². The van der Waals surface area contributed by atoms with Crippen LogP contribution in [0.1, 0.15) is 18.9 Å². The Hall–Kier alpha value is -3.38. The van der Waals surface area contributed by atoms with Crippen molar-refractivity contribution in [2.45, 2.75) is 32.0 Å². The molecule has 6 nitrogen and oxygen atoms in total. The minimum absolute atomic E-state index is 0.249. The SMILES string of the molecule is CNC(=O)Nc1ccc(-c2ccc(OC(C)C(O)CCc3cccnc3)cc2)cc1. The number of nitrogens with zero attached hydrogens (tertiary/aromatic N) is 1. The van der Waals surface area contributed by atoms with Crippen LogP contribution in [0.5, 0.6) is 5.75 Å². The summed E-state index contributed by atoms with van der Waals surface area (Å²) in [4.78, 5) is 15.5. The van der Waals surface area contributed by atoms with Crippen molar-refractivity contribution in [1.29, 1.82) is 0 Å². The molecule has 0 aliphatic heterocycles. The van der Waals surface area contributed by atoms with Gasteiger partial charge in [-0.15, -0.1) is 0 Å². The van der Waals surface area contributed by atoms with Crippen molar-refractivity contribution in [3.8, 4) is 16.9 Å². The number of amides is 2. The number of aliphatic hydroxyl groups is 1. The van der Waals surface area contributed by atoms with Crippen molar-refractivity contribution >= 4 is 11.7 Å². The molecule has 0 saturated heterocycles. The van der Waals surface area contributed by atoms with Gasteiger partial charge in [0, 0.05) is 25.1 Å². The first-order valence-electron chi connectivity index (χ1n) is 9.98. The second-order valence-electron chi connectivity index (χ2n) is 7.10. The number of rotatable bonds is 8. The molecule has 1 aromatic heterocycles. The molecule has 3 N–H and O–H groups in total. The number of nitrogens with one attached hydrogen (secondary N) is 2. The summed E-state index contributed by atoms with van der Waals surface area (Å²) < 4.78 is 5.91. The fourth-order valence-corrected chi connectivity index (χ4v) is 3.05. The Morgan fingerprint density at radius 3 is 2.33 bits per heavy atom. The highest BCUT2D eigenvalue weighted by molar-refractivity contribution is 5.89. The summed E-state index contributed by atoms with van der Waals surface area (Å²) in [5.41, 5.74) is 3.91. The van der Waals surface area contributed by atoms with E-state index in [9.17, 15) is 9.90 Å². The maximum Gasteiger partial charge on any atom is 0.318 e. The van der Waals surface area contributed by atoms with Crippen molar-refractivity contribution < 1.29 is 14.6 Å². The van der Waals surface area contributed by atoms with Crippen LogP contribution in [0.3, 0.4) is 0 Å². The minimum atomic E-state index is -0.565. The van der Waals surface area contributed by atoms with Gasteiger partial charge >= 0.3 is 6.03 Å². The lowest BCUT2D eigenvalue weighted by Crippen LogP contribution is -2.29. The molecule has 0 aliphatic rings. The summed E-state index contributed by atoms with van der Waals surface area (Å²) in [5.74, 6) is 0.713. The van der Waals surface area contributed by atoms with Gasteiger partial charge in [0.1, 0.15) is 11.9 Å². The first kappa shape index (κ1) is 21.3. The van der Waals surface area contributed by atoms with Crippen LogP contribution >= 0.6 is 0 Å². The quantitative estimate of drug-likeness (QED) is 0.523. The Kier molecular flexibility index (Phi) is 7.40. The molecular weight excluding hydrogens is 378 g/mol. The van der Waals surface area contributed by atoms with Gasteiger partial charge in [-0.3, -0.25) is 4.98 Å². The predicted octanol–water partition coefficient (Wildman–Crippen LogP) is 4.26. The highest BCUT2D eigenvalue weighted by Crippen LogP contribution is 2.25. The van der Waals surface area contributed by atoms with E-state index < -0.39 is 6.10 Å². The van der Waals surface area contributed by atoms with Gasteiger partial charge in [-0.2, -0.15) is 0 Å². The number of aromatic nitrogens is 1. The average Bonchev–Trinajstić information content (AvgIpc) is 2.79. The van der Waals surface area contributed by atoms with E-state index >= 15 is 0 Å². The molecule has 2 unspecified atom stereocenters. The molecular formula is C24H27N3O3. The highest BCUT2D eigenvalue weighted by Gasteiger charge is 2.16.